The second-order valence-electron chi connectivity index (χ2n) is 8.61. The Morgan fingerprint density at radius 3 is 2.44 bits per heavy atom. The van der Waals surface area contributed by atoms with Crippen LogP contribution in [0.2, 0.25) is 0 Å². The first-order valence-corrected chi connectivity index (χ1v) is 11.8. The first kappa shape index (κ1) is 23.9. The summed E-state index contributed by atoms with van der Waals surface area (Å²) in [6.45, 7) is 4.82. The van der Waals surface area contributed by atoms with Gasteiger partial charge in [0.05, 0.1) is 11.3 Å². The molecule has 0 radical (unpaired) electrons. The molecule has 8 heteroatoms. The highest BCUT2D eigenvalue weighted by Gasteiger charge is 2.66. The highest BCUT2D eigenvalue weighted by Crippen LogP contribution is 2.53. The van der Waals surface area contributed by atoms with Gasteiger partial charge in [-0.15, -0.1) is 6.58 Å². The maximum atomic E-state index is 14.1. The first-order chi connectivity index (χ1) is 16.2. The Hall–Kier alpha value is -3.23. The van der Waals surface area contributed by atoms with Crippen molar-refractivity contribution in [3.63, 3.8) is 0 Å². The van der Waals surface area contributed by atoms with E-state index in [4.69, 9.17) is 0 Å². The Morgan fingerprint density at radius 1 is 1.12 bits per heavy atom. The maximum absolute atomic E-state index is 14.1. The van der Waals surface area contributed by atoms with Crippen molar-refractivity contribution in [2.75, 3.05) is 38.6 Å². The van der Waals surface area contributed by atoms with Crippen LogP contribution in [-0.2, 0) is 19.9 Å². The van der Waals surface area contributed by atoms with Crippen molar-refractivity contribution in [3.05, 3.63) is 82.4 Å². The number of fused-ring (bicyclic) bond motifs is 2. The molecule has 1 spiro atoms. The minimum absolute atomic E-state index is 0.182. The largest absolute Gasteiger partial charge is 0.507 e. The number of ketones is 1. The molecule has 2 aromatic rings. The number of anilines is 1. The fourth-order valence-electron chi connectivity index (χ4n) is 4.77. The van der Waals surface area contributed by atoms with Gasteiger partial charge in [-0.1, -0.05) is 52.3 Å². The van der Waals surface area contributed by atoms with Gasteiger partial charge in [-0.3, -0.25) is 14.4 Å². The number of benzene rings is 2. The molecule has 2 amide bonds. The van der Waals surface area contributed by atoms with Crippen LogP contribution in [0.3, 0.4) is 0 Å². The van der Waals surface area contributed by atoms with Crippen molar-refractivity contribution >= 4 is 45.0 Å². The van der Waals surface area contributed by atoms with Crippen molar-refractivity contribution in [1.29, 1.82) is 0 Å². The van der Waals surface area contributed by atoms with Gasteiger partial charge in [-0.25, -0.2) is 0 Å². The molecule has 2 aliphatic heterocycles. The summed E-state index contributed by atoms with van der Waals surface area (Å²) in [5, 5.41) is 11.4. The van der Waals surface area contributed by atoms with Crippen molar-refractivity contribution in [2.45, 2.75) is 12.0 Å². The predicted octanol–water partition coefficient (Wildman–Crippen LogP) is 3.51. The lowest BCUT2D eigenvalue weighted by Gasteiger charge is -2.34. The fourth-order valence-corrected chi connectivity index (χ4v) is 5.04. The van der Waals surface area contributed by atoms with E-state index >= 15 is 0 Å². The Morgan fingerprint density at radius 2 is 1.79 bits per heavy atom. The molecule has 1 atom stereocenters. The summed E-state index contributed by atoms with van der Waals surface area (Å²) in [6, 6.07) is 13.8. The van der Waals surface area contributed by atoms with Gasteiger partial charge in [0, 0.05) is 28.7 Å². The first-order valence-electron chi connectivity index (χ1n) is 11.0. The molecule has 176 valence electrons. The summed E-state index contributed by atoms with van der Waals surface area (Å²) >= 11 is 3.36. The van der Waals surface area contributed by atoms with Gasteiger partial charge in [0.15, 0.2) is 5.54 Å². The summed E-state index contributed by atoms with van der Waals surface area (Å²) in [6.07, 6.45) is 2.15. The number of rotatable bonds is 7. The molecule has 2 aromatic carbocycles. The summed E-state index contributed by atoms with van der Waals surface area (Å²) in [7, 11) is 3.83. The van der Waals surface area contributed by atoms with E-state index in [1.54, 1.807) is 54.6 Å². The minimum Gasteiger partial charge on any atom is -0.507 e. The van der Waals surface area contributed by atoms with E-state index in [1.807, 2.05) is 19.0 Å². The molecular formula is C26H26BrN3O4. The fraction of sp³-hybridized carbons (Fsp3) is 0.269. The van der Waals surface area contributed by atoms with E-state index in [-0.39, 0.29) is 24.4 Å². The SMILES string of the molecule is C=CCN1C(=O)C2(/C(=C(\O)c3ccc(Br)cc3)C(=O)C(=O)N2CCCN(C)C)c2ccccc21. The Kier molecular flexibility index (Phi) is 6.47. The van der Waals surface area contributed by atoms with Crippen LogP contribution in [0.15, 0.2) is 71.2 Å². The zero-order valence-corrected chi connectivity index (χ0v) is 20.7. The van der Waals surface area contributed by atoms with Crippen LogP contribution in [0.5, 0.6) is 0 Å². The number of carbonyl (C=O) groups is 3. The lowest BCUT2D eigenvalue weighted by atomic mass is 9.82. The lowest BCUT2D eigenvalue weighted by Crippen LogP contribution is -2.52. The molecule has 0 aromatic heterocycles. The van der Waals surface area contributed by atoms with E-state index in [0.29, 0.717) is 29.8 Å². The third-order valence-corrected chi connectivity index (χ3v) is 6.75. The molecule has 4 rings (SSSR count). The third kappa shape index (κ3) is 3.58. The number of halogens is 1. The Labute approximate surface area is 207 Å². The van der Waals surface area contributed by atoms with Crippen LogP contribution >= 0.6 is 15.9 Å². The van der Waals surface area contributed by atoms with Crippen LogP contribution in [0.1, 0.15) is 17.5 Å². The number of carbonyl (C=O) groups excluding carboxylic acids is 3. The van der Waals surface area contributed by atoms with Gasteiger partial charge in [0.2, 0.25) is 0 Å². The van der Waals surface area contributed by atoms with Crippen LogP contribution in [-0.4, -0.2) is 66.2 Å². The number of Topliss-reactive ketones (excluding diaryl/α,β-unsaturated/α-hetero) is 1. The maximum Gasteiger partial charge on any atom is 0.296 e. The van der Waals surface area contributed by atoms with Gasteiger partial charge < -0.3 is 19.8 Å². The number of aliphatic hydroxyl groups excluding tert-OH is 1. The number of nitrogens with zero attached hydrogens (tertiary/aromatic N) is 3. The second kappa shape index (κ2) is 9.19. The van der Waals surface area contributed by atoms with Crippen molar-refractivity contribution in [2.24, 2.45) is 0 Å². The summed E-state index contributed by atoms with van der Waals surface area (Å²) in [5.74, 6) is -2.48. The molecule has 0 aliphatic carbocycles. The highest BCUT2D eigenvalue weighted by atomic mass is 79.9. The lowest BCUT2D eigenvalue weighted by molar-refractivity contribution is -0.143. The van der Waals surface area contributed by atoms with Crippen molar-refractivity contribution in [1.82, 2.24) is 9.80 Å². The summed E-state index contributed by atoms with van der Waals surface area (Å²) < 4.78 is 0.794. The van der Waals surface area contributed by atoms with Crippen LogP contribution in [0.25, 0.3) is 5.76 Å². The van der Waals surface area contributed by atoms with E-state index in [2.05, 4.69) is 22.5 Å². The number of hydrogen-bond acceptors (Lipinski definition) is 5. The standard InChI is InChI=1S/C26H26BrN3O4/c1-4-14-29-20-9-6-5-8-19(20)26(25(29)34)21(22(31)17-10-12-18(27)13-11-17)23(32)24(33)30(26)16-7-15-28(2)3/h4-6,8-13,31H,1,7,14-16H2,2-3H3/b22-21-. The smallest absolute Gasteiger partial charge is 0.296 e. The van der Waals surface area contributed by atoms with E-state index in [0.717, 1.165) is 4.47 Å². The number of amides is 2. The average molecular weight is 524 g/mol. The molecule has 1 saturated heterocycles. The normalized spacial score (nSPS) is 21.1. The van der Waals surface area contributed by atoms with Crippen molar-refractivity contribution in [3.8, 4) is 0 Å². The zero-order chi connectivity index (χ0) is 24.6. The highest BCUT2D eigenvalue weighted by molar-refractivity contribution is 9.10. The average Bonchev–Trinajstić information content (AvgIpc) is 3.18. The number of hydrogen-bond donors (Lipinski definition) is 1. The van der Waals surface area contributed by atoms with E-state index in [1.165, 1.54) is 9.80 Å². The van der Waals surface area contributed by atoms with Crippen molar-refractivity contribution < 1.29 is 19.5 Å². The van der Waals surface area contributed by atoms with Gasteiger partial charge in [0.25, 0.3) is 17.6 Å². The van der Waals surface area contributed by atoms with Gasteiger partial charge in [-0.2, -0.15) is 0 Å². The summed E-state index contributed by atoms with van der Waals surface area (Å²) in [4.78, 5) is 45.8. The molecule has 1 N–H and O–H groups in total. The topological polar surface area (TPSA) is 81.2 Å². The molecular weight excluding hydrogens is 498 g/mol. The van der Waals surface area contributed by atoms with Gasteiger partial charge in [0.1, 0.15) is 5.76 Å². The molecule has 0 bridgehead atoms. The second-order valence-corrected chi connectivity index (χ2v) is 9.52. The van der Waals surface area contributed by atoms with Crippen LogP contribution < -0.4 is 4.90 Å². The molecule has 2 heterocycles. The van der Waals surface area contributed by atoms with Gasteiger partial charge in [-0.05, 0) is 45.3 Å². The van der Waals surface area contributed by atoms with Crippen LogP contribution in [0.4, 0.5) is 5.69 Å². The zero-order valence-electron chi connectivity index (χ0n) is 19.1. The predicted molar refractivity (Wildman–Crippen MR) is 134 cm³/mol. The number of para-hydroxylation sites is 1. The quantitative estimate of drug-likeness (QED) is 0.260. The Balaban J connectivity index is 2.00. The van der Waals surface area contributed by atoms with E-state index < -0.39 is 23.1 Å². The molecule has 7 nitrogen and oxygen atoms in total. The van der Waals surface area contributed by atoms with E-state index in [9.17, 15) is 19.5 Å². The molecule has 34 heavy (non-hydrogen) atoms. The number of aliphatic hydroxyl groups is 1. The molecule has 0 saturated carbocycles. The summed E-state index contributed by atoms with van der Waals surface area (Å²) in [5.41, 5.74) is -0.495. The number of likely N-dealkylation sites (tertiary alicyclic amines) is 1. The molecule has 2 aliphatic rings. The third-order valence-electron chi connectivity index (χ3n) is 6.23. The molecule has 1 fully saturated rings. The minimum atomic E-state index is -1.74. The Bertz CT molecular complexity index is 1200. The monoisotopic (exact) mass is 523 g/mol. The van der Waals surface area contributed by atoms with Gasteiger partial charge >= 0.3 is 0 Å². The molecule has 1 unspecified atom stereocenters. The van der Waals surface area contributed by atoms with Crippen LogP contribution in [0, 0.1) is 0 Å².